The quantitative estimate of drug-likeness (QED) is 0.689. The molecule has 138 valence electrons. The highest BCUT2D eigenvalue weighted by molar-refractivity contribution is 7.15. The third kappa shape index (κ3) is 4.05. The number of nitrogens with zero attached hydrogens (tertiary/aromatic N) is 2. The molecule has 0 unspecified atom stereocenters. The molecule has 0 saturated heterocycles. The number of benzene rings is 1. The Bertz CT molecular complexity index is 911. The van der Waals surface area contributed by atoms with Crippen LogP contribution in [0.4, 0.5) is 0 Å². The van der Waals surface area contributed by atoms with Gasteiger partial charge >= 0.3 is 0 Å². The van der Waals surface area contributed by atoms with Crippen molar-refractivity contribution in [2.24, 2.45) is 5.92 Å². The largest absolute Gasteiger partial charge is 0.335 e. The topological polar surface area (TPSA) is 51.0 Å². The summed E-state index contributed by atoms with van der Waals surface area (Å²) in [6.07, 6.45) is 2.93. The van der Waals surface area contributed by atoms with Gasteiger partial charge in [-0.25, -0.2) is 4.98 Å². The number of thiazole rings is 1. The van der Waals surface area contributed by atoms with Gasteiger partial charge in [-0.1, -0.05) is 52.0 Å². The smallest absolute Gasteiger partial charge is 0.258 e. The van der Waals surface area contributed by atoms with Gasteiger partial charge in [0.05, 0.1) is 0 Å². The van der Waals surface area contributed by atoms with Crippen molar-refractivity contribution in [1.82, 2.24) is 9.38 Å². The fourth-order valence-electron chi connectivity index (χ4n) is 3.32. The lowest BCUT2D eigenvalue weighted by Gasteiger charge is -2.20. The standard InChI is InChI=1S/C21H27N3OS/c1-5-15(4)16-6-8-17(9-7-16)20(14(2)3)22-13-18-12-19(25)24-10-11-26-21(24)23-18/h6-12,14-15,20,22H,5,13H2,1-4H3/p+1/t15-,20-/m1/s1. The highest BCUT2D eigenvalue weighted by atomic mass is 32.1. The Hall–Kier alpha value is -1.98. The summed E-state index contributed by atoms with van der Waals surface area (Å²) in [6, 6.07) is 11.0. The van der Waals surface area contributed by atoms with Gasteiger partial charge in [-0.3, -0.25) is 9.20 Å². The summed E-state index contributed by atoms with van der Waals surface area (Å²) in [5.41, 5.74) is 3.58. The molecule has 0 aliphatic rings. The Balaban J connectivity index is 1.76. The molecule has 2 atom stereocenters. The molecule has 2 aromatic heterocycles. The van der Waals surface area contributed by atoms with Gasteiger partial charge in [-0.2, -0.15) is 0 Å². The highest BCUT2D eigenvalue weighted by Gasteiger charge is 2.20. The average molecular weight is 371 g/mol. The van der Waals surface area contributed by atoms with E-state index in [1.165, 1.54) is 22.5 Å². The molecule has 0 fully saturated rings. The summed E-state index contributed by atoms with van der Waals surface area (Å²) in [5, 5.41) is 4.20. The van der Waals surface area contributed by atoms with E-state index in [0.717, 1.165) is 17.1 Å². The number of aromatic nitrogens is 2. The second kappa shape index (κ2) is 8.14. The van der Waals surface area contributed by atoms with Crippen molar-refractivity contribution in [3.63, 3.8) is 0 Å². The predicted octanol–water partition coefficient (Wildman–Crippen LogP) is 3.73. The molecule has 26 heavy (non-hydrogen) atoms. The third-order valence-corrected chi connectivity index (χ3v) is 5.91. The first-order valence-corrected chi connectivity index (χ1v) is 10.3. The minimum atomic E-state index is -0.00125. The van der Waals surface area contributed by atoms with E-state index in [2.05, 4.69) is 62.3 Å². The van der Waals surface area contributed by atoms with E-state index in [0.29, 0.717) is 24.4 Å². The monoisotopic (exact) mass is 370 g/mol. The van der Waals surface area contributed by atoms with Crippen LogP contribution in [0.5, 0.6) is 0 Å². The average Bonchev–Trinajstić information content (AvgIpc) is 3.10. The van der Waals surface area contributed by atoms with Crippen LogP contribution in [-0.2, 0) is 6.54 Å². The van der Waals surface area contributed by atoms with Gasteiger partial charge in [0.1, 0.15) is 18.3 Å². The fourth-order valence-corrected chi connectivity index (χ4v) is 4.05. The zero-order chi connectivity index (χ0) is 18.7. The predicted molar refractivity (Wildman–Crippen MR) is 108 cm³/mol. The van der Waals surface area contributed by atoms with Crippen LogP contribution in [0.2, 0.25) is 0 Å². The summed E-state index contributed by atoms with van der Waals surface area (Å²) in [7, 11) is 0. The van der Waals surface area contributed by atoms with E-state index in [-0.39, 0.29) is 5.56 Å². The number of nitrogens with two attached hydrogens (primary N) is 1. The summed E-state index contributed by atoms with van der Waals surface area (Å²) >= 11 is 1.50. The summed E-state index contributed by atoms with van der Waals surface area (Å²) in [4.78, 5) is 17.5. The molecule has 2 N–H and O–H groups in total. The normalized spacial score (nSPS) is 14.0. The lowest BCUT2D eigenvalue weighted by atomic mass is 9.92. The van der Waals surface area contributed by atoms with Crippen LogP contribution in [0.1, 0.15) is 62.9 Å². The van der Waals surface area contributed by atoms with Crippen LogP contribution in [0.3, 0.4) is 0 Å². The van der Waals surface area contributed by atoms with E-state index in [1.54, 1.807) is 16.7 Å². The lowest BCUT2D eigenvalue weighted by Crippen LogP contribution is -2.84. The number of rotatable bonds is 7. The molecule has 0 bridgehead atoms. The molecule has 0 radical (unpaired) electrons. The molecule has 3 aromatic rings. The van der Waals surface area contributed by atoms with E-state index in [4.69, 9.17) is 0 Å². The first-order valence-electron chi connectivity index (χ1n) is 9.38. The van der Waals surface area contributed by atoms with Crippen LogP contribution in [0, 0.1) is 5.92 Å². The summed E-state index contributed by atoms with van der Waals surface area (Å²) in [6.45, 7) is 9.69. The van der Waals surface area contributed by atoms with Crippen molar-refractivity contribution in [2.45, 2.75) is 52.6 Å². The molecular weight excluding hydrogens is 342 g/mol. The third-order valence-electron chi connectivity index (χ3n) is 5.16. The van der Waals surface area contributed by atoms with E-state index < -0.39 is 0 Å². The van der Waals surface area contributed by atoms with Gasteiger partial charge in [0.2, 0.25) is 0 Å². The molecule has 1 aromatic carbocycles. The van der Waals surface area contributed by atoms with Crippen LogP contribution < -0.4 is 10.9 Å². The Labute approximate surface area is 158 Å². The number of hydrogen-bond acceptors (Lipinski definition) is 3. The fraction of sp³-hybridized carbons (Fsp3) is 0.429. The van der Waals surface area contributed by atoms with Crippen molar-refractivity contribution in [1.29, 1.82) is 0 Å². The van der Waals surface area contributed by atoms with Crippen LogP contribution >= 0.6 is 11.3 Å². The second-order valence-corrected chi connectivity index (χ2v) is 8.20. The zero-order valence-corrected chi connectivity index (χ0v) is 16.8. The molecule has 5 heteroatoms. The maximum absolute atomic E-state index is 12.2. The number of fused-ring (bicyclic) bond motifs is 1. The van der Waals surface area contributed by atoms with Crippen molar-refractivity contribution >= 4 is 16.3 Å². The van der Waals surface area contributed by atoms with Gasteiger partial charge in [-0.05, 0) is 17.9 Å². The van der Waals surface area contributed by atoms with Crippen molar-refractivity contribution < 1.29 is 5.32 Å². The van der Waals surface area contributed by atoms with Gasteiger partial charge in [0.25, 0.3) is 5.56 Å². The van der Waals surface area contributed by atoms with Gasteiger partial charge in [0, 0.05) is 29.1 Å². The first-order chi connectivity index (χ1) is 12.5. The van der Waals surface area contributed by atoms with Crippen molar-refractivity contribution in [3.05, 3.63) is 69.1 Å². The molecule has 0 amide bonds. The van der Waals surface area contributed by atoms with Gasteiger partial charge in [-0.15, -0.1) is 11.3 Å². The van der Waals surface area contributed by atoms with E-state index >= 15 is 0 Å². The summed E-state index contributed by atoms with van der Waals surface area (Å²) in [5.74, 6) is 1.09. The maximum atomic E-state index is 12.2. The minimum Gasteiger partial charge on any atom is -0.335 e. The molecule has 0 aliphatic carbocycles. The van der Waals surface area contributed by atoms with Crippen molar-refractivity contribution in [3.8, 4) is 0 Å². The molecule has 3 rings (SSSR count). The Morgan fingerprint density at radius 3 is 2.50 bits per heavy atom. The Morgan fingerprint density at radius 2 is 1.85 bits per heavy atom. The second-order valence-electron chi connectivity index (χ2n) is 7.33. The van der Waals surface area contributed by atoms with Gasteiger partial charge < -0.3 is 5.32 Å². The van der Waals surface area contributed by atoms with Crippen molar-refractivity contribution in [2.75, 3.05) is 0 Å². The van der Waals surface area contributed by atoms with Crippen LogP contribution in [-0.4, -0.2) is 9.38 Å². The maximum Gasteiger partial charge on any atom is 0.258 e. The van der Waals surface area contributed by atoms with E-state index in [1.807, 2.05) is 5.38 Å². The van der Waals surface area contributed by atoms with Crippen LogP contribution in [0.15, 0.2) is 46.7 Å². The Kier molecular flexibility index (Phi) is 5.89. The first kappa shape index (κ1) is 18.8. The highest BCUT2D eigenvalue weighted by Crippen LogP contribution is 2.23. The molecule has 0 aliphatic heterocycles. The SMILES string of the molecule is CC[C@@H](C)c1ccc([C@H]([NH2+]Cc2cc(=O)n3ccsc3n2)C(C)C)cc1. The lowest BCUT2D eigenvalue weighted by molar-refractivity contribution is -0.717. The molecule has 2 heterocycles. The minimum absolute atomic E-state index is 0.00125. The molecular formula is C21H28N3OS+. The van der Waals surface area contributed by atoms with E-state index in [9.17, 15) is 4.79 Å². The molecule has 4 nitrogen and oxygen atoms in total. The number of hydrogen-bond donors (Lipinski definition) is 1. The molecule has 0 spiro atoms. The molecule has 0 saturated carbocycles. The summed E-state index contributed by atoms with van der Waals surface area (Å²) < 4.78 is 1.60. The van der Waals surface area contributed by atoms with Gasteiger partial charge in [0.15, 0.2) is 4.96 Å². The Morgan fingerprint density at radius 1 is 1.15 bits per heavy atom. The zero-order valence-electron chi connectivity index (χ0n) is 16.0. The number of quaternary nitrogens is 1. The van der Waals surface area contributed by atoms with Crippen LogP contribution in [0.25, 0.3) is 4.96 Å².